The van der Waals surface area contributed by atoms with Gasteiger partial charge in [0.2, 0.25) is 0 Å². The molecule has 0 aromatic heterocycles. The molecule has 220 valence electrons. The number of rotatable bonds is 11. The van der Waals surface area contributed by atoms with E-state index in [1.54, 1.807) is 6.07 Å². The van der Waals surface area contributed by atoms with E-state index < -0.39 is 36.1 Å². The molecular formula is C37H40F2O3. The van der Waals surface area contributed by atoms with Crippen molar-refractivity contribution < 1.29 is 23.0 Å². The van der Waals surface area contributed by atoms with E-state index in [1.807, 2.05) is 99.6 Å². The SMILES string of the molecule is CC[C@@H]1[C@@H](C)[C@H](OCc2ccccc2)[C@@H](OCc2ccccc2)[C@H](Oc2ccccc2Cc2ccc(C)cc2)C1(F)F. The van der Waals surface area contributed by atoms with Crippen LogP contribution >= 0.6 is 0 Å². The molecule has 0 N–H and O–H groups in total. The second kappa shape index (κ2) is 13.6. The van der Waals surface area contributed by atoms with E-state index in [2.05, 4.69) is 24.3 Å². The van der Waals surface area contributed by atoms with Crippen LogP contribution in [0.4, 0.5) is 8.78 Å². The van der Waals surface area contributed by atoms with Crippen LogP contribution in [0.25, 0.3) is 0 Å². The minimum Gasteiger partial charge on any atom is -0.481 e. The maximum absolute atomic E-state index is 16.5. The summed E-state index contributed by atoms with van der Waals surface area (Å²) in [6.45, 7) is 6.21. The van der Waals surface area contributed by atoms with Crippen molar-refractivity contribution in [3.63, 3.8) is 0 Å². The Morgan fingerprint density at radius 3 is 1.81 bits per heavy atom. The van der Waals surface area contributed by atoms with Gasteiger partial charge in [0.05, 0.1) is 19.3 Å². The number of benzene rings is 4. The molecule has 4 aromatic rings. The smallest absolute Gasteiger partial charge is 0.289 e. The highest BCUT2D eigenvalue weighted by atomic mass is 19.3. The third-order valence-corrected chi connectivity index (χ3v) is 8.40. The van der Waals surface area contributed by atoms with Gasteiger partial charge in [0.15, 0.2) is 6.10 Å². The first-order valence-corrected chi connectivity index (χ1v) is 14.9. The van der Waals surface area contributed by atoms with Gasteiger partial charge in [-0.15, -0.1) is 0 Å². The van der Waals surface area contributed by atoms with Crippen LogP contribution in [0.3, 0.4) is 0 Å². The van der Waals surface area contributed by atoms with Gasteiger partial charge in [0.25, 0.3) is 5.92 Å². The number of hydrogen-bond acceptors (Lipinski definition) is 3. The van der Waals surface area contributed by atoms with E-state index in [1.165, 1.54) is 5.56 Å². The Kier molecular flexibility index (Phi) is 9.71. The molecule has 0 amide bonds. The van der Waals surface area contributed by atoms with Crippen molar-refractivity contribution in [1.29, 1.82) is 0 Å². The Balaban J connectivity index is 1.49. The van der Waals surface area contributed by atoms with Gasteiger partial charge in [0, 0.05) is 12.3 Å². The minimum atomic E-state index is -3.14. The summed E-state index contributed by atoms with van der Waals surface area (Å²) in [7, 11) is 0. The number of para-hydroxylation sites is 1. The molecule has 4 aromatic carbocycles. The Morgan fingerprint density at radius 1 is 0.667 bits per heavy atom. The fraction of sp³-hybridized carbons (Fsp3) is 0.351. The zero-order chi connectivity index (χ0) is 29.5. The third-order valence-electron chi connectivity index (χ3n) is 8.40. The Hall–Kier alpha value is -3.54. The normalized spacial score (nSPS) is 23.4. The second-order valence-electron chi connectivity index (χ2n) is 11.4. The number of alkyl halides is 2. The maximum atomic E-state index is 16.5. The molecular weight excluding hydrogens is 530 g/mol. The molecule has 42 heavy (non-hydrogen) atoms. The zero-order valence-electron chi connectivity index (χ0n) is 24.6. The van der Waals surface area contributed by atoms with Gasteiger partial charge < -0.3 is 14.2 Å². The molecule has 3 nitrogen and oxygen atoms in total. The van der Waals surface area contributed by atoms with Crippen molar-refractivity contribution in [3.8, 4) is 5.75 Å². The lowest BCUT2D eigenvalue weighted by Crippen LogP contribution is -2.64. The largest absolute Gasteiger partial charge is 0.481 e. The van der Waals surface area contributed by atoms with E-state index in [9.17, 15) is 0 Å². The van der Waals surface area contributed by atoms with Crippen molar-refractivity contribution in [3.05, 3.63) is 137 Å². The third kappa shape index (κ3) is 6.91. The zero-order valence-corrected chi connectivity index (χ0v) is 24.6. The predicted molar refractivity (Wildman–Crippen MR) is 163 cm³/mol. The van der Waals surface area contributed by atoms with Gasteiger partial charge in [-0.3, -0.25) is 0 Å². The summed E-state index contributed by atoms with van der Waals surface area (Å²) < 4.78 is 52.3. The molecule has 1 aliphatic carbocycles. The molecule has 5 atom stereocenters. The van der Waals surface area contributed by atoms with Crippen LogP contribution < -0.4 is 4.74 Å². The van der Waals surface area contributed by atoms with Crippen molar-refractivity contribution in [2.24, 2.45) is 11.8 Å². The van der Waals surface area contributed by atoms with E-state index >= 15 is 8.78 Å². The Labute approximate surface area is 248 Å². The first-order chi connectivity index (χ1) is 20.4. The summed E-state index contributed by atoms with van der Waals surface area (Å²) in [4.78, 5) is 0. The highest BCUT2D eigenvalue weighted by Crippen LogP contribution is 2.48. The molecule has 1 aliphatic rings. The fourth-order valence-corrected chi connectivity index (χ4v) is 6.06. The average Bonchev–Trinajstić information content (AvgIpc) is 3.00. The monoisotopic (exact) mass is 570 g/mol. The van der Waals surface area contributed by atoms with Crippen molar-refractivity contribution in [1.82, 2.24) is 0 Å². The first-order valence-electron chi connectivity index (χ1n) is 14.9. The average molecular weight is 571 g/mol. The molecule has 0 bridgehead atoms. The van der Waals surface area contributed by atoms with Crippen LogP contribution in [0, 0.1) is 18.8 Å². The van der Waals surface area contributed by atoms with Gasteiger partial charge in [-0.25, -0.2) is 8.78 Å². The van der Waals surface area contributed by atoms with Crippen molar-refractivity contribution in [2.45, 2.75) is 71.1 Å². The molecule has 5 heteroatoms. The van der Waals surface area contributed by atoms with Crippen molar-refractivity contribution in [2.75, 3.05) is 0 Å². The lowest BCUT2D eigenvalue weighted by molar-refractivity contribution is -0.267. The van der Waals surface area contributed by atoms with Crippen molar-refractivity contribution >= 4 is 0 Å². The van der Waals surface area contributed by atoms with Gasteiger partial charge >= 0.3 is 0 Å². The van der Waals surface area contributed by atoms with E-state index in [4.69, 9.17) is 14.2 Å². The van der Waals surface area contributed by atoms with Crippen LogP contribution in [0.2, 0.25) is 0 Å². The molecule has 0 spiro atoms. The Morgan fingerprint density at radius 2 is 1.21 bits per heavy atom. The lowest BCUT2D eigenvalue weighted by atomic mass is 9.71. The maximum Gasteiger partial charge on any atom is 0.289 e. The molecule has 0 unspecified atom stereocenters. The number of halogens is 2. The summed E-state index contributed by atoms with van der Waals surface area (Å²) in [5.74, 6) is -4.07. The quantitative estimate of drug-likeness (QED) is 0.180. The number of aryl methyl sites for hydroxylation is 1. The minimum absolute atomic E-state index is 0.182. The highest BCUT2D eigenvalue weighted by Gasteiger charge is 2.62. The Bertz CT molecular complexity index is 1390. The molecule has 0 heterocycles. The predicted octanol–water partition coefficient (Wildman–Crippen LogP) is 8.82. The van der Waals surface area contributed by atoms with Crippen LogP contribution in [0.5, 0.6) is 5.75 Å². The van der Waals surface area contributed by atoms with E-state index in [0.29, 0.717) is 25.2 Å². The summed E-state index contributed by atoms with van der Waals surface area (Å²) in [6, 6.07) is 35.2. The van der Waals surface area contributed by atoms with Gasteiger partial charge in [-0.05, 0) is 47.6 Å². The van der Waals surface area contributed by atoms with Gasteiger partial charge in [-0.2, -0.15) is 0 Å². The van der Waals surface area contributed by atoms with Gasteiger partial charge in [0.1, 0.15) is 11.9 Å². The van der Waals surface area contributed by atoms with E-state index in [0.717, 1.165) is 22.3 Å². The molecule has 0 aliphatic heterocycles. The summed E-state index contributed by atoms with van der Waals surface area (Å²) >= 11 is 0. The van der Waals surface area contributed by atoms with Crippen LogP contribution in [0.15, 0.2) is 109 Å². The van der Waals surface area contributed by atoms with E-state index in [-0.39, 0.29) is 6.61 Å². The number of hydrogen-bond donors (Lipinski definition) is 0. The molecule has 0 radical (unpaired) electrons. The summed E-state index contributed by atoms with van der Waals surface area (Å²) in [5, 5.41) is 0. The van der Waals surface area contributed by atoms with Crippen LogP contribution in [-0.2, 0) is 29.1 Å². The second-order valence-corrected chi connectivity index (χ2v) is 11.4. The lowest BCUT2D eigenvalue weighted by Gasteiger charge is -2.49. The van der Waals surface area contributed by atoms with Crippen LogP contribution in [0.1, 0.15) is 48.1 Å². The standard InChI is InChI=1S/C37H40F2O3/c1-4-32-27(3)34(40-24-29-13-7-5-8-14-29)35(41-25-30-15-9-6-10-16-30)36(37(32,38)39)42-33-18-12-11-17-31(33)23-28-21-19-26(2)20-22-28/h5-22,27,32,34-36H,4,23-25H2,1-3H3/t27-,32-,34+,35-,36+/m1/s1. The molecule has 0 saturated heterocycles. The van der Waals surface area contributed by atoms with Crippen LogP contribution in [-0.4, -0.2) is 24.2 Å². The summed E-state index contributed by atoms with van der Waals surface area (Å²) in [6.07, 6.45) is -2.23. The molecule has 1 fully saturated rings. The molecule has 1 saturated carbocycles. The highest BCUT2D eigenvalue weighted by molar-refractivity contribution is 5.38. The number of ether oxygens (including phenoxy) is 3. The summed E-state index contributed by atoms with van der Waals surface area (Å²) in [5.41, 5.74) is 5.01. The molecule has 5 rings (SSSR count). The topological polar surface area (TPSA) is 27.7 Å². The fourth-order valence-electron chi connectivity index (χ4n) is 6.06. The van der Waals surface area contributed by atoms with Gasteiger partial charge in [-0.1, -0.05) is 123 Å². The first kappa shape index (κ1) is 29.9.